The Morgan fingerprint density at radius 1 is 0.782 bits per heavy atom. The molecule has 8 atom stereocenters. The van der Waals surface area contributed by atoms with Gasteiger partial charge in [-0.15, -0.1) is 0 Å². The lowest BCUT2D eigenvalue weighted by Crippen LogP contribution is -2.54. The molecule has 1 saturated heterocycles. The number of fused-ring (bicyclic) bond motifs is 5. The fourth-order valence-electron chi connectivity index (χ4n) is 12.3. The Labute approximate surface area is 331 Å². The van der Waals surface area contributed by atoms with Crippen LogP contribution in [-0.4, -0.2) is 71.7 Å². The lowest BCUT2D eigenvalue weighted by atomic mass is 9.45. The molecule has 11 heteroatoms. The molecule has 0 bridgehead atoms. The van der Waals surface area contributed by atoms with Crippen molar-refractivity contribution in [2.75, 3.05) is 33.0 Å². The smallest absolute Gasteiger partial charge is 0.315 e. The van der Waals surface area contributed by atoms with Crippen molar-refractivity contribution in [3.05, 3.63) is 11.9 Å². The molecule has 0 radical (unpaired) electrons. The number of urea groups is 1. The molecular formula is C44H76N6O5. The third-order valence-corrected chi connectivity index (χ3v) is 16.0. The maximum atomic E-state index is 12.7. The molecule has 5 fully saturated rings. The highest BCUT2D eigenvalue weighted by molar-refractivity contribution is 5.79. The average Bonchev–Trinajstić information content (AvgIpc) is 3.56. The van der Waals surface area contributed by atoms with E-state index in [0.29, 0.717) is 63.2 Å². The summed E-state index contributed by atoms with van der Waals surface area (Å²) < 4.78 is 13.3. The molecule has 55 heavy (non-hydrogen) atoms. The fourth-order valence-corrected chi connectivity index (χ4v) is 12.3. The van der Waals surface area contributed by atoms with Crippen molar-refractivity contribution in [3.8, 4) is 0 Å². The van der Waals surface area contributed by atoms with E-state index in [1.807, 2.05) is 24.7 Å². The highest BCUT2D eigenvalue weighted by atomic mass is 16.5. The summed E-state index contributed by atoms with van der Waals surface area (Å²) in [5.41, 5.74) is 1.57. The van der Waals surface area contributed by atoms with Crippen LogP contribution < -0.4 is 21.3 Å². The van der Waals surface area contributed by atoms with Crippen molar-refractivity contribution in [3.63, 3.8) is 0 Å². The number of nitrogens with zero attached hydrogens (tertiary/aromatic N) is 1. The second-order valence-corrected chi connectivity index (χ2v) is 19.5. The number of hydrogen-bond donors (Lipinski definition) is 5. The zero-order valence-electron chi connectivity index (χ0n) is 35.1. The van der Waals surface area contributed by atoms with Gasteiger partial charge >= 0.3 is 6.03 Å². The van der Waals surface area contributed by atoms with Crippen LogP contribution in [0.25, 0.3) is 0 Å². The van der Waals surface area contributed by atoms with Gasteiger partial charge in [-0.2, -0.15) is 0 Å². The molecule has 5 N–H and O–H groups in total. The maximum absolute atomic E-state index is 12.7. The van der Waals surface area contributed by atoms with Crippen LogP contribution >= 0.6 is 0 Å². The van der Waals surface area contributed by atoms with Gasteiger partial charge in [-0.05, 0) is 138 Å². The lowest BCUT2D eigenvalue weighted by Gasteiger charge is -2.60. The normalized spacial score (nSPS) is 33.6. The second-order valence-electron chi connectivity index (χ2n) is 19.5. The molecule has 6 rings (SSSR count). The SMILES string of the molecule is CC1(C)NC(=O)N[C@]1(C)CCCCCC(=O)NCCOCCOCCn1cc(CNC(=O)CCC[C@H]2CCC3C4CCC5CCCC[C@]5(C)C4CC[C@@]32C)[nH]1. The molecule has 0 spiro atoms. The van der Waals surface area contributed by atoms with Crippen LogP contribution in [0, 0.1) is 40.4 Å². The zero-order valence-corrected chi connectivity index (χ0v) is 35.1. The van der Waals surface area contributed by atoms with Crippen LogP contribution in [0.4, 0.5) is 4.79 Å². The van der Waals surface area contributed by atoms with Gasteiger partial charge in [-0.1, -0.05) is 39.5 Å². The maximum Gasteiger partial charge on any atom is 0.315 e. The Morgan fingerprint density at radius 2 is 1.53 bits per heavy atom. The number of carbonyl (C=O) groups excluding carboxylic acids is 3. The Kier molecular flexibility index (Phi) is 14.1. The van der Waals surface area contributed by atoms with Crippen molar-refractivity contribution in [2.45, 2.75) is 174 Å². The Bertz CT molecular complexity index is 1410. The molecule has 4 saturated carbocycles. The molecule has 4 unspecified atom stereocenters. The number of aromatic nitrogens is 2. The lowest BCUT2D eigenvalue weighted by molar-refractivity contribution is -0.122. The topological polar surface area (TPSA) is 139 Å². The number of H-pyrrole nitrogens is 1. The van der Waals surface area contributed by atoms with Gasteiger partial charge in [0.25, 0.3) is 0 Å². The Balaban J connectivity index is 0.734. The quantitative estimate of drug-likeness (QED) is 0.0821. The summed E-state index contributed by atoms with van der Waals surface area (Å²) in [5, 5.41) is 15.4. The summed E-state index contributed by atoms with van der Waals surface area (Å²) in [6, 6.07) is -0.109. The highest BCUT2D eigenvalue weighted by Gasteiger charge is 2.59. The highest BCUT2D eigenvalue weighted by Crippen LogP contribution is 2.67. The van der Waals surface area contributed by atoms with E-state index >= 15 is 0 Å². The number of rotatable bonds is 21. The first-order valence-corrected chi connectivity index (χ1v) is 22.4. The molecule has 312 valence electrons. The van der Waals surface area contributed by atoms with Crippen LogP contribution in [0.2, 0.25) is 0 Å². The number of carbonyl (C=O) groups is 3. The summed E-state index contributed by atoms with van der Waals surface area (Å²) in [4.78, 5) is 36.6. The van der Waals surface area contributed by atoms with Gasteiger partial charge < -0.3 is 30.7 Å². The number of hydrogen-bond acceptors (Lipinski definition) is 5. The number of aromatic amines is 1. The van der Waals surface area contributed by atoms with E-state index in [9.17, 15) is 14.4 Å². The standard InChI is InChI=1S/C44H76N6O5/c1-41(2)44(5,48-40(53)47-41)22-9-6-7-14-38(51)45-24-26-54-28-29-55-27-25-50-31-34(49-50)30-46-39(52)15-11-13-33-17-19-36-35-18-16-32-12-8-10-21-42(32,3)37(35)20-23-43(33,36)4/h31-33,35-37,49H,6-30H2,1-5H3,(H,45,51)(H,46,52)(H2,47,48,53)/t32?,33-,35?,36?,37?,42-,43+,44+/m0/s1. The van der Waals surface area contributed by atoms with Crippen LogP contribution in [0.5, 0.6) is 0 Å². The minimum absolute atomic E-state index is 0.0464. The number of nitrogens with one attached hydrogen (secondary N) is 5. The number of ether oxygens (including phenoxy) is 2. The molecule has 1 aromatic rings. The molecule has 11 nitrogen and oxygen atoms in total. The first-order chi connectivity index (χ1) is 26.3. The van der Waals surface area contributed by atoms with Crippen LogP contribution in [0.15, 0.2) is 6.20 Å². The number of unbranched alkanes of at least 4 members (excludes halogenated alkanes) is 2. The first-order valence-electron chi connectivity index (χ1n) is 22.4. The van der Waals surface area contributed by atoms with E-state index in [-0.39, 0.29) is 28.9 Å². The minimum Gasteiger partial charge on any atom is -0.377 e. The van der Waals surface area contributed by atoms with Gasteiger partial charge in [0.2, 0.25) is 11.8 Å². The van der Waals surface area contributed by atoms with E-state index in [1.54, 1.807) is 0 Å². The monoisotopic (exact) mass is 769 g/mol. The van der Waals surface area contributed by atoms with E-state index in [1.165, 1.54) is 70.6 Å². The van der Waals surface area contributed by atoms with Gasteiger partial charge in [0, 0.05) is 25.6 Å². The second kappa shape index (κ2) is 18.4. The van der Waals surface area contributed by atoms with Gasteiger partial charge in [-0.25, -0.2) is 4.79 Å². The van der Waals surface area contributed by atoms with Crippen LogP contribution in [-0.2, 0) is 32.2 Å². The van der Waals surface area contributed by atoms with Crippen molar-refractivity contribution in [1.82, 2.24) is 31.0 Å². The molecule has 5 aliphatic rings. The third kappa shape index (κ3) is 9.96. The zero-order chi connectivity index (χ0) is 39.1. The fraction of sp³-hybridized carbons (Fsp3) is 0.886. The van der Waals surface area contributed by atoms with Gasteiger partial charge in [0.15, 0.2) is 0 Å². The predicted octanol–water partition coefficient (Wildman–Crippen LogP) is 7.60. The van der Waals surface area contributed by atoms with Gasteiger partial charge in [0.05, 0.1) is 56.3 Å². The minimum atomic E-state index is -0.287. The van der Waals surface area contributed by atoms with Crippen LogP contribution in [0.1, 0.15) is 156 Å². The number of amides is 4. The summed E-state index contributed by atoms with van der Waals surface area (Å²) >= 11 is 0. The summed E-state index contributed by atoms with van der Waals surface area (Å²) in [7, 11) is 0. The first kappa shape index (κ1) is 42.1. The van der Waals surface area contributed by atoms with Crippen molar-refractivity contribution in [1.29, 1.82) is 0 Å². The van der Waals surface area contributed by atoms with E-state index in [0.717, 1.165) is 73.9 Å². The molecular weight excluding hydrogens is 693 g/mol. The molecule has 1 aromatic heterocycles. The van der Waals surface area contributed by atoms with Crippen LogP contribution in [0.3, 0.4) is 0 Å². The predicted molar refractivity (Wildman–Crippen MR) is 216 cm³/mol. The average molecular weight is 769 g/mol. The Hall–Kier alpha value is -2.53. The summed E-state index contributed by atoms with van der Waals surface area (Å²) in [6.07, 6.45) is 23.5. The molecule has 0 aromatic carbocycles. The largest absolute Gasteiger partial charge is 0.377 e. The van der Waals surface area contributed by atoms with Crippen molar-refractivity contribution < 1.29 is 23.9 Å². The van der Waals surface area contributed by atoms with Gasteiger partial charge in [0.1, 0.15) is 0 Å². The van der Waals surface area contributed by atoms with E-state index in [2.05, 4.69) is 47.1 Å². The molecule has 4 aliphatic carbocycles. The summed E-state index contributed by atoms with van der Waals surface area (Å²) in [5.74, 6) is 4.82. The van der Waals surface area contributed by atoms with Crippen molar-refractivity contribution in [2.24, 2.45) is 40.4 Å². The van der Waals surface area contributed by atoms with E-state index in [4.69, 9.17) is 9.47 Å². The third-order valence-electron chi connectivity index (χ3n) is 16.0. The van der Waals surface area contributed by atoms with Crippen molar-refractivity contribution >= 4 is 17.8 Å². The Morgan fingerprint density at radius 3 is 2.31 bits per heavy atom. The van der Waals surface area contributed by atoms with E-state index < -0.39 is 0 Å². The molecule has 2 heterocycles. The molecule has 1 aliphatic heterocycles. The van der Waals surface area contributed by atoms with Gasteiger partial charge in [-0.3, -0.25) is 19.4 Å². The molecule has 4 amide bonds. The summed E-state index contributed by atoms with van der Waals surface area (Å²) in [6.45, 7) is 15.3.